The molecule has 0 aromatic rings. The van der Waals surface area contributed by atoms with Crippen LogP contribution in [0.2, 0.25) is 0 Å². The van der Waals surface area contributed by atoms with Gasteiger partial charge in [0.05, 0.1) is 13.7 Å². The standard InChI is InChI=1S/C7H12O3.C5H8O2/c1-6(2)7(8)10-5-4-9-3;1-4(2)5(6)7-3/h1,4-5H2,2-3H3;1H2,2-3H3. The van der Waals surface area contributed by atoms with Crippen LogP contribution in [0.5, 0.6) is 0 Å². The summed E-state index contributed by atoms with van der Waals surface area (Å²) in [5.41, 5.74) is 0.846. The van der Waals surface area contributed by atoms with Crippen molar-refractivity contribution in [3.63, 3.8) is 0 Å². The Morgan fingerprint density at radius 1 is 0.941 bits per heavy atom. The maximum atomic E-state index is 10.6. The molecule has 0 rings (SSSR count). The summed E-state index contributed by atoms with van der Waals surface area (Å²) in [6.07, 6.45) is 0. The molecule has 0 bridgehead atoms. The molecule has 0 aromatic carbocycles. The van der Waals surface area contributed by atoms with E-state index in [1.807, 2.05) is 0 Å². The third-order valence-corrected chi connectivity index (χ3v) is 1.40. The molecule has 5 nitrogen and oxygen atoms in total. The highest BCUT2D eigenvalue weighted by Crippen LogP contribution is 1.90. The first-order chi connectivity index (χ1) is 7.86. The maximum Gasteiger partial charge on any atom is 0.333 e. The van der Waals surface area contributed by atoms with Gasteiger partial charge in [0.1, 0.15) is 6.61 Å². The van der Waals surface area contributed by atoms with Gasteiger partial charge in [0.25, 0.3) is 0 Å². The first kappa shape index (κ1) is 17.8. The molecule has 0 aliphatic carbocycles. The zero-order chi connectivity index (χ0) is 13.8. The number of hydrogen-bond donors (Lipinski definition) is 0. The number of rotatable bonds is 5. The Morgan fingerprint density at radius 3 is 1.65 bits per heavy atom. The number of hydrogen-bond acceptors (Lipinski definition) is 5. The van der Waals surface area contributed by atoms with Gasteiger partial charge in [0, 0.05) is 18.3 Å². The van der Waals surface area contributed by atoms with Gasteiger partial charge in [-0.3, -0.25) is 0 Å². The van der Waals surface area contributed by atoms with Crippen LogP contribution in [0, 0.1) is 0 Å². The fraction of sp³-hybridized carbons (Fsp3) is 0.500. The first-order valence-corrected chi connectivity index (χ1v) is 4.92. The van der Waals surface area contributed by atoms with E-state index in [1.54, 1.807) is 21.0 Å². The molecule has 0 aliphatic heterocycles. The topological polar surface area (TPSA) is 61.8 Å². The lowest BCUT2D eigenvalue weighted by molar-refractivity contribution is -0.140. The van der Waals surface area contributed by atoms with Crippen molar-refractivity contribution in [3.8, 4) is 0 Å². The molecule has 0 heterocycles. The van der Waals surface area contributed by atoms with Crippen molar-refractivity contribution in [2.75, 3.05) is 27.4 Å². The van der Waals surface area contributed by atoms with Gasteiger partial charge in [-0.25, -0.2) is 9.59 Å². The Bertz CT molecular complexity index is 281. The molecule has 0 radical (unpaired) electrons. The van der Waals surface area contributed by atoms with Gasteiger partial charge < -0.3 is 14.2 Å². The van der Waals surface area contributed by atoms with Crippen molar-refractivity contribution in [1.82, 2.24) is 0 Å². The van der Waals surface area contributed by atoms with Gasteiger partial charge in [-0.15, -0.1) is 0 Å². The zero-order valence-electron chi connectivity index (χ0n) is 10.9. The Hall–Kier alpha value is -1.62. The minimum atomic E-state index is -0.364. The van der Waals surface area contributed by atoms with Crippen molar-refractivity contribution in [1.29, 1.82) is 0 Å². The van der Waals surface area contributed by atoms with Crippen LogP contribution >= 0.6 is 0 Å². The van der Waals surface area contributed by atoms with Crippen molar-refractivity contribution in [2.45, 2.75) is 13.8 Å². The van der Waals surface area contributed by atoms with E-state index in [4.69, 9.17) is 0 Å². The largest absolute Gasteiger partial charge is 0.466 e. The summed E-state index contributed by atoms with van der Waals surface area (Å²) in [5, 5.41) is 0. The highest BCUT2D eigenvalue weighted by atomic mass is 16.6. The van der Waals surface area contributed by atoms with E-state index in [0.29, 0.717) is 24.4 Å². The van der Waals surface area contributed by atoms with Crippen molar-refractivity contribution < 1.29 is 23.8 Å². The van der Waals surface area contributed by atoms with Crippen LogP contribution in [-0.2, 0) is 23.8 Å². The van der Waals surface area contributed by atoms with Crippen LogP contribution in [0.25, 0.3) is 0 Å². The third-order valence-electron chi connectivity index (χ3n) is 1.40. The molecule has 0 N–H and O–H groups in total. The molecule has 0 unspecified atom stereocenters. The van der Waals surface area contributed by atoms with Gasteiger partial charge in [0.15, 0.2) is 0 Å². The smallest absolute Gasteiger partial charge is 0.333 e. The van der Waals surface area contributed by atoms with E-state index in [0.717, 1.165) is 0 Å². The van der Waals surface area contributed by atoms with Crippen molar-refractivity contribution in [3.05, 3.63) is 24.3 Å². The van der Waals surface area contributed by atoms with Crippen LogP contribution in [0.4, 0.5) is 0 Å². The fourth-order valence-electron chi connectivity index (χ4n) is 0.515. The summed E-state index contributed by atoms with van der Waals surface area (Å²) in [5.74, 6) is -0.711. The summed E-state index contributed by atoms with van der Waals surface area (Å²) in [7, 11) is 2.88. The molecule has 0 amide bonds. The third kappa shape index (κ3) is 12.3. The molecule has 0 saturated carbocycles. The minimum Gasteiger partial charge on any atom is -0.466 e. The average Bonchev–Trinajstić information content (AvgIpc) is 2.28. The Kier molecular flexibility index (Phi) is 11.4. The molecule has 0 atom stereocenters. The van der Waals surface area contributed by atoms with Crippen LogP contribution in [0.3, 0.4) is 0 Å². The summed E-state index contributed by atoms with van der Waals surface area (Å²) >= 11 is 0. The molecular formula is C12H20O5. The molecule has 98 valence electrons. The fourth-order valence-corrected chi connectivity index (χ4v) is 0.515. The minimum absolute atomic E-state index is 0.294. The first-order valence-electron chi connectivity index (χ1n) is 4.92. The number of esters is 2. The molecule has 0 aliphatic rings. The summed E-state index contributed by atoms with van der Waals surface area (Å²) in [6.45, 7) is 10.7. The highest BCUT2D eigenvalue weighted by Gasteiger charge is 2.00. The van der Waals surface area contributed by atoms with E-state index < -0.39 is 0 Å². The Labute approximate surface area is 102 Å². The predicted octanol–water partition coefficient (Wildman–Crippen LogP) is 1.49. The number of ether oxygens (including phenoxy) is 3. The lowest BCUT2D eigenvalue weighted by Gasteiger charge is -2.01. The molecule has 17 heavy (non-hydrogen) atoms. The molecule has 0 fully saturated rings. The predicted molar refractivity (Wildman–Crippen MR) is 64.5 cm³/mol. The van der Waals surface area contributed by atoms with Crippen LogP contribution < -0.4 is 0 Å². The van der Waals surface area contributed by atoms with Crippen LogP contribution in [0.1, 0.15) is 13.8 Å². The monoisotopic (exact) mass is 244 g/mol. The molecule has 5 heteroatoms. The Balaban J connectivity index is 0. The normalized spacial score (nSPS) is 8.47. The lowest BCUT2D eigenvalue weighted by atomic mass is 10.4. The second-order valence-electron chi connectivity index (χ2n) is 3.18. The van der Waals surface area contributed by atoms with Gasteiger partial charge in [0.2, 0.25) is 0 Å². The number of carbonyl (C=O) groups excluding carboxylic acids is 2. The Morgan fingerprint density at radius 2 is 1.41 bits per heavy atom. The summed E-state index contributed by atoms with van der Waals surface area (Å²) < 4.78 is 13.6. The van der Waals surface area contributed by atoms with E-state index in [9.17, 15) is 9.59 Å². The SMILES string of the molecule is C=C(C)C(=O)OC.C=C(C)C(=O)OCCOC. The van der Waals surface area contributed by atoms with Crippen LogP contribution in [0.15, 0.2) is 24.3 Å². The summed E-state index contributed by atoms with van der Waals surface area (Å²) in [6, 6.07) is 0. The van der Waals surface area contributed by atoms with Gasteiger partial charge in [-0.1, -0.05) is 13.2 Å². The van der Waals surface area contributed by atoms with Crippen molar-refractivity contribution >= 4 is 11.9 Å². The van der Waals surface area contributed by atoms with E-state index >= 15 is 0 Å². The molecule has 0 saturated heterocycles. The van der Waals surface area contributed by atoms with E-state index in [-0.39, 0.29) is 11.9 Å². The molecule has 0 spiro atoms. The lowest BCUT2D eigenvalue weighted by Crippen LogP contribution is -2.09. The van der Waals surface area contributed by atoms with Gasteiger partial charge in [-0.05, 0) is 13.8 Å². The highest BCUT2D eigenvalue weighted by molar-refractivity contribution is 5.87. The molecule has 0 aromatic heterocycles. The number of carbonyl (C=O) groups is 2. The van der Waals surface area contributed by atoms with Crippen molar-refractivity contribution in [2.24, 2.45) is 0 Å². The molecular weight excluding hydrogens is 224 g/mol. The van der Waals surface area contributed by atoms with E-state index in [1.165, 1.54) is 7.11 Å². The quantitative estimate of drug-likeness (QED) is 0.416. The van der Waals surface area contributed by atoms with Crippen LogP contribution in [-0.4, -0.2) is 39.4 Å². The maximum absolute atomic E-state index is 10.6. The second-order valence-corrected chi connectivity index (χ2v) is 3.18. The second kappa shape index (κ2) is 10.9. The number of methoxy groups -OCH3 is 2. The average molecular weight is 244 g/mol. The van der Waals surface area contributed by atoms with Gasteiger partial charge in [-0.2, -0.15) is 0 Å². The summed E-state index contributed by atoms with van der Waals surface area (Å²) in [4.78, 5) is 20.8. The zero-order valence-corrected chi connectivity index (χ0v) is 10.9. The van der Waals surface area contributed by atoms with E-state index in [2.05, 4.69) is 27.4 Å². The van der Waals surface area contributed by atoms with Gasteiger partial charge >= 0.3 is 11.9 Å².